The Morgan fingerprint density at radius 3 is 2.84 bits per heavy atom. The number of pyridine rings is 1. The molecule has 0 radical (unpaired) electrons. The highest BCUT2D eigenvalue weighted by molar-refractivity contribution is 7.12. The van der Waals surface area contributed by atoms with Gasteiger partial charge in [0, 0.05) is 19.4 Å². The topological polar surface area (TPSA) is 123 Å². The number of carbonyl (C=O) groups is 1. The maximum Gasteiger partial charge on any atom is 0.272 e. The molecule has 12 heteroatoms. The number of thiazole rings is 1. The summed E-state index contributed by atoms with van der Waals surface area (Å²) in [5.74, 6) is 0.259. The summed E-state index contributed by atoms with van der Waals surface area (Å²) in [5.41, 5.74) is 2.55. The number of halogens is 1. The lowest BCUT2D eigenvalue weighted by molar-refractivity contribution is 0.0936. The number of nitrogens with zero attached hydrogens (tertiary/aromatic N) is 7. The van der Waals surface area contributed by atoms with Crippen molar-refractivity contribution in [2.24, 2.45) is 7.05 Å². The number of anilines is 1. The second-order valence-electron chi connectivity index (χ2n) is 6.79. The molecule has 0 saturated heterocycles. The van der Waals surface area contributed by atoms with Crippen molar-refractivity contribution in [3.8, 4) is 0 Å². The summed E-state index contributed by atoms with van der Waals surface area (Å²) in [6.07, 6.45) is 4.60. The number of amides is 1. The monoisotopic (exact) mass is 455 g/mol. The highest BCUT2D eigenvalue weighted by atomic mass is 35.5. The normalized spacial score (nSPS) is 12.0. The minimum absolute atomic E-state index is 0.164. The lowest BCUT2D eigenvalue weighted by atomic mass is 10.3. The Morgan fingerprint density at radius 2 is 2.06 bits per heavy atom. The summed E-state index contributed by atoms with van der Waals surface area (Å²) in [7, 11) is 1.70. The van der Waals surface area contributed by atoms with Crippen molar-refractivity contribution in [2.45, 2.75) is 19.9 Å². The van der Waals surface area contributed by atoms with E-state index in [4.69, 9.17) is 11.6 Å². The minimum Gasteiger partial charge on any atom is -0.342 e. The van der Waals surface area contributed by atoms with Crippen LogP contribution >= 0.6 is 22.9 Å². The molecule has 158 valence electrons. The molecule has 0 spiro atoms. The lowest BCUT2D eigenvalue weighted by Gasteiger charge is -2.11. The van der Waals surface area contributed by atoms with Gasteiger partial charge in [0.2, 0.25) is 0 Å². The molecule has 1 amide bonds. The number of hydrogen-bond acceptors (Lipinski definition) is 9. The quantitative estimate of drug-likeness (QED) is 0.454. The fourth-order valence-corrected chi connectivity index (χ4v) is 3.75. The summed E-state index contributed by atoms with van der Waals surface area (Å²) >= 11 is 7.43. The molecule has 2 N–H and O–H groups in total. The van der Waals surface area contributed by atoms with Crippen LogP contribution in [0.2, 0.25) is 5.02 Å². The SMILES string of the molecule is C=C(Nc1cc(C)c(Cl)cn1)c1cnc(C(C)NC(=O)c2ncnc3c2nnn3C)s1. The van der Waals surface area contributed by atoms with Crippen molar-refractivity contribution in [1.82, 2.24) is 40.2 Å². The van der Waals surface area contributed by atoms with Gasteiger partial charge in [-0.1, -0.05) is 23.4 Å². The van der Waals surface area contributed by atoms with E-state index in [1.807, 2.05) is 19.9 Å². The van der Waals surface area contributed by atoms with Crippen LogP contribution in [0.25, 0.3) is 16.9 Å². The summed E-state index contributed by atoms with van der Waals surface area (Å²) < 4.78 is 1.49. The van der Waals surface area contributed by atoms with Crippen LogP contribution in [0.15, 0.2) is 31.4 Å². The molecule has 0 aliphatic rings. The molecule has 0 fully saturated rings. The van der Waals surface area contributed by atoms with Crippen molar-refractivity contribution >= 4 is 51.5 Å². The number of nitrogens with one attached hydrogen (secondary N) is 2. The molecule has 1 atom stereocenters. The second kappa shape index (κ2) is 8.36. The number of fused-ring (bicyclic) bond motifs is 1. The fraction of sp³-hybridized carbons (Fsp3) is 0.211. The van der Waals surface area contributed by atoms with E-state index in [1.165, 1.54) is 22.3 Å². The Labute approximate surface area is 186 Å². The predicted octanol–water partition coefficient (Wildman–Crippen LogP) is 3.15. The Kier molecular flexibility index (Phi) is 5.61. The largest absolute Gasteiger partial charge is 0.342 e. The molecule has 0 aliphatic heterocycles. The Balaban J connectivity index is 1.46. The van der Waals surface area contributed by atoms with E-state index in [0.717, 1.165) is 15.4 Å². The predicted molar refractivity (Wildman–Crippen MR) is 119 cm³/mol. The summed E-state index contributed by atoms with van der Waals surface area (Å²) in [5, 5.41) is 15.2. The zero-order valence-corrected chi connectivity index (χ0v) is 18.5. The van der Waals surface area contributed by atoms with Gasteiger partial charge < -0.3 is 10.6 Å². The van der Waals surface area contributed by atoms with E-state index in [-0.39, 0.29) is 17.6 Å². The molecule has 4 aromatic rings. The number of carbonyl (C=O) groups excluding carboxylic acids is 1. The van der Waals surface area contributed by atoms with Crippen molar-refractivity contribution < 1.29 is 4.79 Å². The second-order valence-corrected chi connectivity index (χ2v) is 8.26. The van der Waals surface area contributed by atoms with Crippen molar-refractivity contribution in [2.75, 3.05) is 5.32 Å². The first kappa shape index (κ1) is 20.8. The molecule has 10 nitrogen and oxygen atoms in total. The first-order chi connectivity index (χ1) is 14.8. The van der Waals surface area contributed by atoms with Crippen LogP contribution in [0.1, 0.15) is 38.9 Å². The van der Waals surface area contributed by atoms with E-state index in [9.17, 15) is 4.79 Å². The van der Waals surface area contributed by atoms with Gasteiger partial charge in [-0.3, -0.25) is 4.79 Å². The highest BCUT2D eigenvalue weighted by Gasteiger charge is 2.20. The molecule has 0 saturated carbocycles. The van der Waals surface area contributed by atoms with Gasteiger partial charge >= 0.3 is 0 Å². The van der Waals surface area contributed by atoms with Crippen LogP contribution in [0.5, 0.6) is 0 Å². The van der Waals surface area contributed by atoms with Gasteiger partial charge in [0.25, 0.3) is 5.91 Å². The van der Waals surface area contributed by atoms with Crippen LogP contribution in [0.4, 0.5) is 5.82 Å². The summed E-state index contributed by atoms with van der Waals surface area (Å²) in [6, 6.07) is 1.49. The van der Waals surface area contributed by atoms with Gasteiger partial charge in [-0.2, -0.15) is 0 Å². The number of rotatable bonds is 6. The Hall–Kier alpha value is -3.44. The number of aryl methyl sites for hydroxylation is 2. The third kappa shape index (κ3) is 4.23. The van der Waals surface area contributed by atoms with Crippen LogP contribution in [-0.4, -0.2) is 40.8 Å². The molecule has 4 heterocycles. The van der Waals surface area contributed by atoms with Crippen molar-refractivity contribution in [1.29, 1.82) is 0 Å². The third-order valence-corrected chi connectivity index (χ3v) is 6.10. The van der Waals surface area contributed by atoms with Crippen molar-refractivity contribution in [3.05, 3.63) is 57.5 Å². The van der Waals surface area contributed by atoms with E-state index < -0.39 is 0 Å². The Morgan fingerprint density at radius 1 is 1.26 bits per heavy atom. The van der Waals surface area contributed by atoms with Crippen LogP contribution < -0.4 is 10.6 Å². The summed E-state index contributed by atoms with van der Waals surface area (Å²) in [6.45, 7) is 7.80. The average Bonchev–Trinajstić information content (AvgIpc) is 3.38. The van der Waals surface area contributed by atoms with Crippen LogP contribution in [-0.2, 0) is 7.05 Å². The van der Waals surface area contributed by atoms with Gasteiger partial charge in [-0.05, 0) is 25.5 Å². The van der Waals surface area contributed by atoms with Gasteiger partial charge in [-0.25, -0.2) is 24.6 Å². The molecular formula is C19H18ClN9OS. The average molecular weight is 456 g/mol. The lowest BCUT2D eigenvalue weighted by Crippen LogP contribution is -2.27. The molecule has 0 aromatic carbocycles. The number of hydrogen-bond donors (Lipinski definition) is 2. The van der Waals surface area contributed by atoms with Gasteiger partial charge in [0.05, 0.1) is 21.6 Å². The maximum atomic E-state index is 12.7. The molecule has 31 heavy (non-hydrogen) atoms. The maximum absolute atomic E-state index is 12.7. The minimum atomic E-state index is -0.380. The van der Waals surface area contributed by atoms with E-state index in [2.05, 4.69) is 47.5 Å². The first-order valence-electron chi connectivity index (χ1n) is 9.19. The summed E-state index contributed by atoms with van der Waals surface area (Å²) in [4.78, 5) is 30.4. The third-order valence-electron chi connectivity index (χ3n) is 4.47. The zero-order chi connectivity index (χ0) is 22.1. The van der Waals surface area contributed by atoms with Gasteiger partial charge in [0.15, 0.2) is 16.9 Å². The van der Waals surface area contributed by atoms with E-state index in [0.29, 0.717) is 27.7 Å². The van der Waals surface area contributed by atoms with Crippen LogP contribution in [0, 0.1) is 6.92 Å². The van der Waals surface area contributed by atoms with Crippen LogP contribution in [0.3, 0.4) is 0 Å². The fourth-order valence-electron chi connectivity index (χ4n) is 2.80. The van der Waals surface area contributed by atoms with E-state index in [1.54, 1.807) is 19.4 Å². The molecule has 0 aliphatic carbocycles. The van der Waals surface area contributed by atoms with Crippen molar-refractivity contribution in [3.63, 3.8) is 0 Å². The van der Waals surface area contributed by atoms with E-state index >= 15 is 0 Å². The standard InChI is InChI=1S/C19H18ClN9OS/c1-9-5-14(21-6-12(9)20)25-10(2)13-7-22-19(31-13)11(3)26-18(30)16-15-17(24-8-23-16)29(4)28-27-15/h5-8,11H,2H2,1,3-4H3,(H,21,25)(H,26,30). The first-order valence-corrected chi connectivity index (χ1v) is 10.4. The molecule has 4 rings (SSSR count). The zero-order valence-electron chi connectivity index (χ0n) is 16.9. The number of aromatic nitrogens is 7. The molecule has 4 aromatic heterocycles. The molecule has 0 bridgehead atoms. The van der Waals surface area contributed by atoms with Gasteiger partial charge in [0.1, 0.15) is 17.2 Å². The highest BCUT2D eigenvalue weighted by Crippen LogP contribution is 2.27. The Bertz CT molecular complexity index is 1300. The smallest absolute Gasteiger partial charge is 0.272 e. The molecule has 1 unspecified atom stereocenters. The van der Waals surface area contributed by atoms with Gasteiger partial charge in [-0.15, -0.1) is 16.4 Å². The molecular weight excluding hydrogens is 438 g/mol.